The van der Waals surface area contributed by atoms with Crippen molar-refractivity contribution in [3.63, 3.8) is 0 Å². The second kappa shape index (κ2) is 9.61. The molecule has 3 rings (SSSR count). The number of hydrogen-bond acceptors (Lipinski definition) is 3. The first kappa shape index (κ1) is 18.7. The van der Waals surface area contributed by atoms with Gasteiger partial charge in [-0.05, 0) is 31.4 Å². The van der Waals surface area contributed by atoms with E-state index in [0.717, 1.165) is 23.9 Å². The molecule has 130 valence electrons. The highest BCUT2D eigenvalue weighted by Crippen LogP contribution is 2.17. The van der Waals surface area contributed by atoms with E-state index in [-0.39, 0.29) is 24.0 Å². The summed E-state index contributed by atoms with van der Waals surface area (Å²) in [5.74, 6) is 1.77. The number of aromatic nitrogens is 3. The Morgan fingerprint density at radius 1 is 1.33 bits per heavy atom. The van der Waals surface area contributed by atoms with Crippen LogP contribution in [0.5, 0.6) is 0 Å². The standard InChI is InChI=1S/C17H24N6.HI/c1-2-19-17(22-15-5-3-4-6-15)21-12-14-7-8-16(20-11-14)23-10-9-18-13-23;/h7-11,13,15H,2-6,12H2,1H3,(H2,19,21,22);1H. The Morgan fingerprint density at radius 2 is 2.17 bits per heavy atom. The van der Waals surface area contributed by atoms with Crippen molar-refractivity contribution in [1.82, 2.24) is 25.2 Å². The molecular formula is C17H25IN6. The number of rotatable bonds is 5. The van der Waals surface area contributed by atoms with Crippen LogP contribution in [0.1, 0.15) is 38.2 Å². The summed E-state index contributed by atoms with van der Waals surface area (Å²) in [6, 6.07) is 4.61. The van der Waals surface area contributed by atoms with Crippen LogP contribution in [-0.4, -0.2) is 33.1 Å². The molecule has 2 N–H and O–H groups in total. The Hall–Kier alpha value is -1.64. The SMILES string of the molecule is CCNC(=NCc1ccc(-n2ccnc2)nc1)NC1CCCC1.I. The summed E-state index contributed by atoms with van der Waals surface area (Å²) >= 11 is 0. The van der Waals surface area contributed by atoms with Gasteiger partial charge in [0.15, 0.2) is 5.96 Å². The van der Waals surface area contributed by atoms with Gasteiger partial charge in [-0.3, -0.25) is 4.57 Å². The largest absolute Gasteiger partial charge is 0.357 e. The van der Waals surface area contributed by atoms with Crippen molar-refractivity contribution < 1.29 is 0 Å². The third-order valence-corrected chi connectivity index (χ3v) is 4.04. The number of imidazole rings is 1. The number of nitrogens with one attached hydrogen (secondary N) is 2. The first-order valence-electron chi connectivity index (χ1n) is 8.33. The van der Waals surface area contributed by atoms with Crippen LogP contribution in [0.3, 0.4) is 0 Å². The molecule has 0 saturated heterocycles. The Balaban J connectivity index is 0.00000208. The van der Waals surface area contributed by atoms with Crippen molar-refractivity contribution in [1.29, 1.82) is 0 Å². The molecule has 2 aromatic heterocycles. The van der Waals surface area contributed by atoms with E-state index in [1.807, 2.05) is 23.0 Å². The summed E-state index contributed by atoms with van der Waals surface area (Å²) in [6.45, 7) is 3.59. The molecule has 0 unspecified atom stereocenters. The zero-order valence-corrected chi connectivity index (χ0v) is 16.3. The number of guanidine groups is 1. The number of nitrogens with zero attached hydrogens (tertiary/aromatic N) is 4. The Kier molecular flexibility index (Phi) is 7.48. The average Bonchev–Trinajstić information content (AvgIpc) is 3.27. The van der Waals surface area contributed by atoms with Gasteiger partial charge in [0.1, 0.15) is 12.1 Å². The second-order valence-electron chi connectivity index (χ2n) is 5.82. The summed E-state index contributed by atoms with van der Waals surface area (Å²) < 4.78 is 1.89. The molecule has 0 aliphatic heterocycles. The van der Waals surface area contributed by atoms with Crippen molar-refractivity contribution in [3.8, 4) is 5.82 Å². The van der Waals surface area contributed by atoms with Crippen molar-refractivity contribution in [2.24, 2.45) is 4.99 Å². The monoisotopic (exact) mass is 440 g/mol. The van der Waals surface area contributed by atoms with Crippen LogP contribution in [0.4, 0.5) is 0 Å². The zero-order chi connectivity index (χ0) is 15.9. The lowest BCUT2D eigenvalue weighted by Gasteiger charge is -2.16. The van der Waals surface area contributed by atoms with Crippen LogP contribution in [0.15, 0.2) is 42.0 Å². The summed E-state index contributed by atoms with van der Waals surface area (Å²) in [7, 11) is 0. The Labute approximate surface area is 160 Å². The van der Waals surface area contributed by atoms with Gasteiger partial charge in [0.2, 0.25) is 0 Å². The molecule has 2 aromatic rings. The van der Waals surface area contributed by atoms with E-state index >= 15 is 0 Å². The molecule has 0 radical (unpaired) electrons. The average molecular weight is 440 g/mol. The lowest BCUT2D eigenvalue weighted by Crippen LogP contribution is -2.42. The van der Waals surface area contributed by atoms with Crippen LogP contribution in [-0.2, 0) is 6.54 Å². The number of aliphatic imine (C=N–C) groups is 1. The predicted molar refractivity (Wildman–Crippen MR) is 107 cm³/mol. The summed E-state index contributed by atoms with van der Waals surface area (Å²) in [4.78, 5) is 13.2. The quantitative estimate of drug-likeness (QED) is 0.427. The smallest absolute Gasteiger partial charge is 0.191 e. The molecule has 0 spiro atoms. The maximum absolute atomic E-state index is 4.67. The minimum atomic E-state index is 0. The van der Waals surface area contributed by atoms with Crippen LogP contribution in [0, 0.1) is 0 Å². The van der Waals surface area contributed by atoms with E-state index in [2.05, 4.69) is 38.6 Å². The highest BCUT2D eigenvalue weighted by atomic mass is 127. The lowest BCUT2D eigenvalue weighted by atomic mass is 10.2. The Morgan fingerprint density at radius 3 is 2.79 bits per heavy atom. The second-order valence-corrected chi connectivity index (χ2v) is 5.82. The van der Waals surface area contributed by atoms with Gasteiger partial charge in [-0.25, -0.2) is 15.0 Å². The molecular weight excluding hydrogens is 415 g/mol. The highest BCUT2D eigenvalue weighted by molar-refractivity contribution is 14.0. The third kappa shape index (κ3) is 5.19. The molecule has 0 amide bonds. The van der Waals surface area contributed by atoms with Crippen LogP contribution in [0.2, 0.25) is 0 Å². The topological polar surface area (TPSA) is 67.1 Å². The first-order valence-corrected chi connectivity index (χ1v) is 8.33. The molecule has 0 aromatic carbocycles. The van der Waals surface area contributed by atoms with E-state index in [9.17, 15) is 0 Å². The summed E-state index contributed by atoms with van der Waals surface area (Å²) in [5.41, 5.74) is 1.09. The molecule has 2 heterocycles. The summed E-state index contributed by atoms with van der Waals surface area (Å²) in [5, 5.41) is 6.85. The van der Waals surface area contributed by atoms with E-state index in [1.165, 1.54) is 25.7 Å². The Bertz CT molecular complexity index is 617. The van der Waals surface area contributed by atoms with Crippen LogP contribution < -0.4 is 10.6 Å². The molecule has 1 saturated carbocycles. The zero-order valence-electron chi connectivity index (χ0n) is 14.0. The third-order valence-electron chi connectivity index (χ3n) is 4.04. The van der Waals surface area contributed by atoms with Gasteiger partial charge in [0, 0.05) is 31.2 Å². The van der Waals surface area contributed by atoms with Crippen molar-refractivity contribution in [2.45, 2.75) is 45.2 Å². The van der Waals surface area contributed by atoms with E-state index in [1.54, 1.807) is 12.5 Å². The predicted octanol–water partition coefficient (Wildman–Crippen LogP) is 2.88. The van der Waals surface area contributed by atoms with Gasteiger partial charge in [-0.15, -0.1) is 24.0 Å². The maximum Gasteiger partial charge on any atom is 0.191 e. The van der Waals surface area contributed by atoms with Gasteiger partial charge in [0.05, 0.1) is 6.54 Å². The van der Waals surface area contributed by atoms with Gasteiger partial charge < -0.3 is 10.6 Å². The summed E-state index contributed by atoms with van der Waals surface area (Å²) in [6.07, 6.45) is 12.4. The van der Waals surface area contributed by atoms with Crippen LogP contribution >= 0.6 is 24.0 Å². The van der Waals surface area contributed by atoms with Crippen molar-refractivity contribution in [2.75, 3.05) is 6.54 Å². The fourth-order valence-corrected chi connectivity index (χ4v) is 2.81. The normalized spacial score (nSPS) is 15.1. The molecule has 1 aliphatic rings. The minimum Gasteiger partial charge on any atom is -0.357 e. The molecule has 7 heteroatoms. The lowest BCUT2D eigenvalue weighted by molar-refractivity contribution is 0.614. The van der Waals surface area contributed by atoms with Crippen molar-refractivity contribution >= 4 is 29.9 Å². The van der Waals surface area contributed by atoms with Gasteiger partial charge in [-0.1, -0.05) is 18.9 Å². The number of halogens is 1. The maximum atomic E-state index is 4.67. The van der Waals surface area contributed by atoms with Crippen molar-refractivity contribution in [3.05, 3.63) is 42.6 Å². The molecule has 0 bridgehead atoms. The molecule has 0 atom stereocenters. The highest BCUT2D eigenvalue weighted by Gasteiger charge is 2.15. The van der Waals surface area contributed by atoms with Gasteiger partial charge >= 0.3 is 0 Å². The van der Waals surface area contributed by atoms with E-state index in [0.29, 0.717) is 12.6 Å². The molecule has 24 heavy (non-hydrogen) atoms. The van der Waals surface area contributed by atoms with Crippen LogP contribution in [0.25, 0.3) is 5.82 Å². The van der Waals surface area contributed by atoms with E-state index < -0.39 is 0 Å². The molecule has 6 nitrogen and oxygen atoms in total. The minimum absolute atomic E-state index is 0. The fraction of sp³-hybridized carbons (Fsp3) is 0.471. The van der Waals surface area contributed by atoms with Gasteiger partial charge in [-0.2, -0.15) is 0 Å². The molecule has 1 aliphatic carbocycles. The number of pyridine rings is 1. The molecule has 1 fully saturated rings. The number of hydrogen-bond donors (Lipinski definition) is 2. The van der Waals surface area contributed by atoms with Gasteiger partial charge in [0.25, 0.3) is 0 Å². The fourth-order valence-electron chi connectivity index (χ4n) is 2.81. The van der Waals surface area contributed by atoms with E-state index in [4.69, 9.17) is 0 Å². The first-order chi connectivity index (χ1) is 11.3.